The Kier molecular flexibility index (Phi) is 5.86. The van der Waals surface area contributed by atoms with Gasteiger partial charge in [0.25, 0.3) is 0 Å². The molecule has 0 radical (unpaired) electrons. The van der Waals surface area contributed by atoms with E-state index in [1.165, 1.54) is 12.3 Å². The normalized spacial score (nSPS) is 9.83. The van der Waals surface area contributed by atoms with Crippen LogP contribution in [0.25, 0.3) is 0 Å². The molecule has 8 nitrogen and oxygen atoms in total. The van der Waals surface area contributed by atoms with Crippen molar-refractivity contribution < 1.29 is 10.0 Å². The molecule has 0 spiro atoms. The number of halogens is 2. The van der Waals surface area contributed by atoms with Crippen molar-refractivity contribution in [2.24, 2.45) is 10.8 Å². The highest BCUT2D eigenvalue weighted by atomic mass is 35.5. The molecule has 0 fully saturated rings. The van der Waals surface area contributed by atoms with Crippen LogP contribution >= 0.6 is 24.0 Å². The fourth-order valence-corrected chi connectivity index (χ4v) is 1.20. The molecular formula is C8H9Cl2N5O3. The minimum Gasteiger partial charge on any atom is -0.501 e. The van der Waals surface area contributed by atoms with Crippen molar-refractivity contribution in [1.29, 1.82) is 5.41 Å². The van der Waals surface area contributed by atoms with E-state index in [1.807, 2.05) is 0 Å². The molecule has 0 atom stereocenters. The fraction of sp³-hybridized carbons (Fsp3) is 0. The first-order valence-corrected chi connectivity index (χ1v) is 4.60. The van der Waals surface area contributed by atoms with Crippen LogP contribution in [0.1, 0.15) is 5.56 Å². The second kappa shape index (κ2) is 6.62. The molecule has 1 aromatic carbocycles. The van der Waals surface area contributed by atoms with Gasteiger partial charge in [0.1, 0.15) is 0 Å². The van der Waals surface area contributed by atoms with Gasteiger partial charge in [-0.3, -0.25) is 15.5 Å². The van der Waals surface area contributed by atoms with Gasteiger partial charge in [0.15, 0.2) is 0 Å². The predicted molar refractivity (Wildman–Crippen MR) is 69.7 cm³/mol. The first-order chi connectivity index (χ1) is 7.93. The number of rotatable bonds is 3. The zero-order valence-corrected chi connectivity index (χ0v) is 10.3. The van der Waals surface area contributed by atoms with E-state index >= 15 is 0 Å². The third kappa shape index (κ3) is 3.75. The van der Waals surface area contributed by atoms with Crippen LogP contribution in [-0.2, 0) is 0 Å². The number of nitrogens with zero attached hydrogens (tertiary/aromatic N) is 2. The van der Waals surface area contributed by atoms with Gasteiger partial charge in [-0.2, -0.15) is 5.10 Å². The summed E-state index contributed by atoms with van der Waals surface area (Å²) in [6, 6.07) is 2.40. The minimum atomic E-state index is -0.754. The van der Waals surface area contributed by atoms with E-state index in [2.05, 4.69) is 10.5 Å². The van der Waals surface area contributed by atoms with Gasteiger partial charge in [0, 0.05) is 11.6 Å². The van der Waals surface area contributed by atoms with Crippen molar-refractivity contribution in [1.82, 2.24) is 5.43 Å². The van der Waals surface area contributed by atoms with E-state index < -0.39 is 16.4 Å². The lowest BCUT2D eigenvalue weighted by atomic mass is 10.2. The average molecular weight is 294 g/mol. The molecule has 0 amide bonds. The third-order valence-corrected chi connectivity index (χ3v) is 2.11. The number of hydrazone groups is 1. The quantitative estimate of drug-likeness (QED) is 0.287. The largest absolute Gasteiger partial charge is 0.501 e. The maximum Gasteiger partial charge on any atom is 0.312 e. The van der Waals surface area contributed by atoms with Crippen LogP contribution in [0, 0.1) is 15.5 Å². The maximum atomic E-state index is 10.5. The molecule has 0 aliphatic rings. The Morgan fingerprint density at radius 3 is 2.78 bits per heavy atom. The topological polar surface area (TPSA) is 138 Å². The summed E-state index contributed by atoms with van der Waals surface area (Å²) in [6.45, 7) is 0. The molecular weight excluding hydrogens is 285 g/mol. The monoisotopic (exact) mass is 293 g/mol. The molecule has 0 heterocycles. The second-order valence-electron chi connectivity index (χ2n) is 2.88. The molecule has 10 heteroatoms. The van der Waals surface area contributed by atoms with Crippen molar-refractivity contribution >= 4 is 41.9 Å². The summed E-state index contributed by atoms with van der Waals surface area (Å²) >= 11 is 5.70. The number of nitro benzene ring substituents is 1. The summed E-state index contributed by atoms with van der Waals surface area (Å²) in [5, 5.41) is 30.1. The number of hydrogen-bond donors (Lipinski definition) is 4. The Balaban J connectivity index is 0.00000289. The first-order valence-electron chi connectivity index (χ1n) is 4.22. The molecule has 0 bridgehead atoms. The predicted octanol–water partition coefficient (Wildman–Crippen LogP) is 1.19. The summed E-state index contributed by atoms with van der Waals surface area (Å²) in [7, 11) is 0. The van der Waals surface area contributed by atoms with E-state index in [4.69, 9.17) is 22.7 Å². The Morgan fingerprint density at radius 2 is 2.28 bits per heavy atom. The molecule has 5 N–H and O–H groups in total. The number of nitro groups is 1. The summed E-state index contributed by atoms with van der Waals surface area (Å²) in [5.74, 6) is -1.01. The van der Waals surface area contributed by atoms with Gasteiger partial charge in [-0.15, -0.1) is 12.4 Å². The van der Waals surface area contributed by atoms with Gasteiger partial charge >= 0.3 is 5.69 Å². The van der Waals surface area contributed by atoms with Crippen molar-refractivity contribution in [2.45, 2.75) is 0 Å². The van der Waals surface area contributed by atoms with Crippen molar-refractivity contribution in [2.75, 3.05) is 0 Å². The number of nitrogens with one attached hydrogen (secondary N) is 2. The molecule has 0 aromatic heterocycles. The molecule has 18 heavy (non-hydrogen) atoms. The van der Waals surface area contributed by atoms with Crippen molar-refractivity contribution in [3.05, 3.63) is 32.8 Å². The van der Waals surface area contributed by atoms with Crippen LogP contribution in [0.4, 0.5) is 5.69 Å². The van der Waals surface area contributed by atoms with Gasteiger partial charge < -0.3 is 10.8 Å². The van der Waals surface area contributed by atoms with E-state index in [-0.39, 0.29) is 29.0 Å². The lowest BCUT2D eigenvalue weighted by Crippen LogP contribution is -2.25. The molecule has 0 saturated heterocycles. The zero-order chi connectivity index (χ0) is 13.0. The van der Waals surface area contributed by atoms with Crippen molar-refractivity contribution in [3.8, 4) is 5.75 Å². The van der Waals surface area contributed by atoms with Gasteiger partial charge in [-0.05, 0) is 6.07 Å². The van der Waals surface area contributed by atoms with Crippen LogP contribution in [-0.4, -0.2) is 22.2 Å². The van der Waals surface area contributed by atoms with Crippen LogP contribution in [0.5, 0.6) is 5.75 Å². The number of benzene rings is 1. The average Bonchev–Trinajstić information content (AvgIpc) is 2.23. The van der Waals surface area contributed by atoms with Crippen LogP contribution in [0.2, 0.25) is 5.02 Å². The molecule has 0 unspecified atom stereocenters. The summed E-state index contributed by atoms with van der Waals surface area (Å²) in [6.07, 6.45) is 1.17. The van der Waals surface area contributed by atoms with Crippen LogP contribution < -0.4 is 11.2 Å². The Bertz CT molecular complexity index is 506. The maximum absolute atomic E-state index is 10.5. The highest BCUT2D eigenvalue weighted by Gasteiger charge is 2.18. The Hall–Kier alpha value is -2.06. The SMILES string of the molecule is Cl.N=C(N)N/N=C/c1ccc([N+](=O)[O-])c(O)c1Cl. The highest BCUT2D eigenvalue weighted by molar-refractivity contribution is 6.34. The molecule has 98 valence electrons. The lowest BCUT2D eigenvalue weighted by Gasteiger charge is -2.01. The number of guanidine groups is 1. The van der Waals surface area contributed by atoms with E-state index in [9.17, 15) is 15.2 Å². The van der Waals surface area contributed by atoms with Crippen LogP contribution in [0.15, 0.2) is 17.2 Å². The number of nitrogens with two attached hydrogens (primary N) is 1. The number of aromatic hydroxyl groups is 1. The lowest BCUT2D eigenvalue weighted by molar-refractivity contribution is -0.385. The van der Waals surface area contributed by atoms with Gasteiger partial charge in [-0.1, -0.05) is 11.6 Å². The minimum absolute atomic E-state index is 0. The first kappa shape index (κ1) is 15.9. The van der Waals surface area contributed by atoms with Crippen LogP contribution in [0.3, 0.4) is 0 Å². The van der Waals surface area contributed by atoms with Crippen molar-refractivity contribution in [3.63, 3.8) is 0 Å². The molecule has 0 aliphatic heterocycles. The molecule has 0 saturated carbocycles. The van der Waals surface area contributed by atoms with Gasteiger partial charge in [-0.25, -0.2) is 5.43 Å². The zero-order valence-electron chi connectivity index (χ0n) is 8.75. The third-order valence-electron chi connectivity index (χ3n) is 1.71. The smallest absolute Gasteiger partial charge is 0.312 e. The van der Waals surface area contributed by atoms with E-state index in [0.717, 1.165) is 6.07 Å². The molecule has 0 aliphatic carbocycles. The second-order valence-corrected chi connectivity index (χ2v) is 3.26. The van der Waals surface area contributed by atoms with Gasteiger partial charge in [0.2, 0.25) is 11.7 Å². The van der Waals surface area contributed by atoms with E-state index in [0.29, 0.717) is 0 Å². The standard InChI is InChI=1S/C8H8ClN5O3.ClH/c9-6-4(3-12-13-8(10)11)1-2-5(7(6)15)14(16)17;/h1-3,15H,(H4,10,11,13);1H/b12-3+;. The molecule has 1 aromatic rings. The number of hydrogen-bond acceptors (Lipinski definition) is 5. The summed E-state index contributed by atoms with van der Waals surface area (Å²) in [5.41, 5.74) is 6.87. The Labute approximate surface area is 113 Å². The number of phenols is 1. The fourth-order valence-electron chi connectivity index (χ4n) is 0.988. The molecule has 1 rings (SSSR count). The number of phenolic OH excluding ortho intramolecular Hbond substituents is 1. The highest BCUT2D eigenvalue weighted by Crippen LogP contribution is 2.35. The summed E-state index contributed by atoms with van der Waals surface area (Å²) in [4.78, 5) is 9.73. The van der Waals surface area contributed by atoms with Gasteiger partial charge in [0.05, 0.1) is 16.2 Å². The Morgan fingerprint density at radius 1 is 1.67 bits per heavy atom. The van der Waals surface area contributed by atoms with E-state index in [1.54, 1.807) is 0 Å². The summed E-state index contributed by atoms with van der Waals surface area (Å²) < 4.78 is 0.